The predicted molar refractivity (Wildman–Crippen MR) is 136 cm³/mol. The van der Waals surface area contributed by atoms with Crippen molar-refractivity contribution >= 4 is 15.9 Å². The molecule has 0 aliphatic carbocycles. The molecule has 1 saturated heterocycles. The first kappa shape index (κ1) is 26.8. The highest BCUT2D eigenvalue weighted by molar-refractivity contribution is 7.89. The number of para-hydroxylation sites is 1. The second-order valence-electron chi connectivity index (χ2n) is 9.51. The summed E-state index contributed by atoms with van der Waals surface area (Å²) in [5, 5.41) is 0. The van der Waals surface area contributed by atoms with Gasteiger partial charge in [-0.2, -0.15) is 4.31 Å². The van der Waals surface area contributed by atoms with E-state index in [2.05, 4.69) is 0 Å². The van der Waals surface area contributed by atoms with Gasteiger partial charge in [0.05, 0.1) is 6.61 Å². The van der Waals surface area contributed by atoms with Crippen molar-refractivity contribution in [2.45, 2.75) is 30.7 Å². The van der Waals surface area contributed by atoms with Crippen LogP contribution < -0.4 is 4.74 Å². The van der Waals surface area contributed by atoms with Crippen LogP contribution in [0, 0.1) is 17.0 Å². The molecule has 0 aromatic heterocycles. The van der Waals surface area contributed by atoms with Crippen LogP contribution >= 0.6 is 0 Å². The maximum Gasteiger partial charge on any atom is 0.248 e. The molecular formula is C28H30F2N2O4S. The van der Waals surface area contributed by atoms with Crippen LogP contribution in [0.25, 0.3) is 0 Å². The summed E-state index contributed by atoms with van der Waals surface area (Å²) in [6, 6.07) is 21.6. The highest BCUT2D eigenvalue weighted by Crippen LogP contribution is 2.38. The Balaban J connectivity index is 1.60. The van der Waals surface area contributed by atoms with Crippen LogP contribution in [0.4, 0.5) is 8.78 Å². The van der Waals surface area contributed by atoms with Gasteiger partial charge in [-0.15, -0.1) is 0 Å². The predicted octanol–water partition coefficient (Wildman–Crippen LogP) is 4.86. The number of hydrogen-bond donors (Lipinski definition) is 0. The van der Waals surface area contributed by atoms with Crippen molar-refractivity contribution in [3.63, 3.8) is 0 Å². The van der Waals surface area contributed by atoms with E-state index < -0.39 is 32.0 Å². The lowest BCUT2D eigenvalue weighted by Gasteiger charge is -2.42. The zero-order valence-corrected chi connectivity index (χ0v) is 21.5. The maximum absolute atomic E-state index is 14.5. The lowest BCUT2D eigenvalue weighted by Crippen LogP contribution is -2.50. The molecule has 1 aliphatic heterocycles. The monoisotopic (exact) mass is 528 g/mol. The summed E-state index contributed by atoms with van der Waals surface area (Å²) in [7, 11) is -2.78. The van der Waals surface area contributed by atoms with Gasteiger partial charge < -0.3 is 9.64 Å². The van der Waals surface area contributed by atoms with Crippen molar-refractivity contribution in [1.29, 1.82) is 0 Å². The van der Waals surface area contributed by atoms with Crippen molar-refractivity contribution in [2.24, 2.45) is 5.41 Å². The van der Waals surface area contributed by atoms with E-state index in [4.69, 9.17) is 4.74 Å². The molecule has 196 valence electrons. The third-order valence-corrected chi connectivity index (χ3v) is 8.54. The molecular weight excluding hydrogens is 498 g/mol. The summed E-state index contributed by atoms with van der Waals surface area (Å²) in [5.74, 6) is -1.87. The molecule has 1 atom stereocenters. The summed E-state index contributed by atoms with van der Waals surface area (Å²) in [4.78, 5) is 14.0. The largest absolute Gasteiger partial charge is 0.493 e. The number of rotatable bonds is 9. The number of benzene rings is 3. The number of carbonyl (C=O) groups is 1. The van der Waals surface area contributed by atoms with Crippen LogP contribution in [-0.2, 0) is 21.4 Å². The standard InChI is InChI=1S/C28H30F2N2O4S/c1-31(19-22-10-4-2-5-11-22)26(33)18-28(21-36-23-12-6-3-7-13-23)16-9-17-32(20-28)37(34,35)27-24(29)14-8-15-25(27)30/h2-8,10-15H,9,16-21H2,1H3/t28-/m0/s1. The topological polar surface area (TPSA) is 66.9 Å². The van der Waals surface area contributed by atoms with E-state index in [0.29, 0.717) is 25.1 Å². The number of amides is 1. The Labute approximate surface area is 216 Å². The minimum atomic E-state index is -4.48. The molecule has 1 amide bonds. The minimum Gasteiger partial charge on any atom is -0.493 e. The summed E-state index contributed by atoms with van der Waals surface area (Å²) < 4.78 is 62.7. The first-order chi connectivity index (χ1) is 17.7. The van der Waals surface area contributed by atoms with E-state index in [1.165, 1.54) is 0 Å². The number of ether oxygens (including phenoxy) is 1. The van der Waals surface area contributed by atoms with E-state index in [9.17, 15) is 22.0 Å². The highest BCUT2D eigenvalue weighted by atomic mass is 32.2. The summed E-state index contributed by atoms with van der Waals surface area (Å²) in [5.41, 5.74) is 0.0843. The Hall–Kier alpha value is -3.30. The van der Waals surface area contributed by atoms with Crippen molar-refractivity contribution in [3.8, 4) is 5.75 Å². The molecule has 1 aliphatic rings. The van der Waals surface area contributed by atoms with Crippen molar-refractivity contribution in [3.05, 3.63) is 96.1 Å². The average molecular weight is 529 g/mol. The van der Waals surface area contributed by atoms with Gasteiger partial charge in [0.1, 0.15) is 17.4 Å². The Morgan fingerprint density at radius 2 is 1.59 bits per heavy atom. The van der Waals surface area contributed by atoms with Crippen molar-refractivity contribution in [2.75, 3.05) is 26.7 Å². The van der Waals surface area contributed by atoms with Crippen LogP contribution in [0.5, 0.6) is 5.75 Å². The molecule has 6 nitrogen and oxygen atoms in total. The van der Waals surface area contributed by atoms with Crippen LogP contribution in [0.3, 0.4) is 0 Å². The number of halogens is 2. The molecule has 37 heavy (non-hydrogen) atoms. The SMILES string of the molecule is CN(Cc1ccccc1)C(=O)C[C@@]1(COc2ccccc2)CCCN(S(=O)(=O)c2c(F)cccc2F)C1. The molecule has 1 heterocycles. The molecule has 3 aromatic carbocycles. The minimum absolute atomic E-state index is 0.0228. The van der Waals surface area contributed by atoms with Gasteiger partial charge in [0.2, 0.25) is 15.9 Å². The normalized spacial score (nSPS) is 18.4. The maximum atomic E-state index is 14.5. The van der Waals surface area contributed by atoms with Crippen LogP contribution in [0.2, 0.25) is 0 Å². The number of hydrogen-bond acceptors (Lipinski definition) is 4. The lowest BCUT2D eigenvalue weighted by molar-refractivity contribution is -0.134. The zero-order chi connectivity index (χ0) is 26.5. The molecule has 1 fully saturated rings. The van der Waals surface area contributed by atoms with Crippen molar-refractivity contribution < 1.29 is 26.7 Å². The Kier molecular flexibility index (Phi) is 8.24. The highest BCUT2D eigenvalue weighted by Gasteiger charge is 2.44. The van der Waals surface area contributed by atoms with E-state index in [1.54, 1.807) is 24.1 Å². The molecule has 0 radical (unpaired) electrons. The molecule has 0 N–H and O–H groups in total. The van der Waals surface area contributed by atoms with Gasteiger partial charge in [-0.05, 0) is 42.7 Å². The van der Waals surface area contributed by atoms with Gasteiger partial charge in [-0.1, -0.05) is 54.6 Å². The van der Waals surface area contributed by atoms with Gasteiger partial charge in [0.25, 0.3) is 0 Å². The van der Waals surface area contributed by atoms with Crippen molar-refractivity contribution in [1.82, 2.24) is 9.21 Å². The summed E-state index contributed by atoms with van der Waals surface area (Å²) >= 11 is 0. The molecule has 0 spiro atoms. The fourth-order valence-electron chi connectivity index (χ4n) is 4.69. The van der Waals surface area contributed by atoms with Gasteiger partial charge in [-0.3, -0.25) is 4.79 Å². The second-order valence-corrected chi connectivity index (χ2v) is 11.4. The Morgan fingerprint density at radius 3 is 2.24 bits per heavy atom. The fourth-order valence-corrected chi connectivity index (χ4v) is 6.39. The van der Waals surface area contributed by atoms with Gasteiger partial charge in [-0.25, -0.2) is 17.2 Å². The molecule has 4 rings (SSSR count). The van der Waals surface area contributed by atoms with E-state index in [0.717, 1.165) is 28.1 Å². The quantitative estimate of drug-likeness (QED) is 0.398. The summed E-state index contributed by atoms with van der Waals surface area (Å²) in [6.07, 6.45) is 0.967. The van der Waals surface area contributed by atoms with Crippen LogP contribution in [0.1, 0.15) is 24.8 Å². The van der Waals surface area contributed by atoms with Gasteiger partial charge in [0, 0.05) is 38.5 Å². The number of piperidine rings is 1. The smallest absolute Gasteiger partial charge is 0.248 e. The lowest BCUT2D eigenvalue weighted by atomic mass is 9.78. The molecule has 3 aromatic rings. The summed E-state index contributed by atoms with van der Waals surface area (Å²) in [6.45, 7) is 0.476. The third-order valence-electron chi connectivity index (χ3n) is 6.65. The number of sulfonamides is 1. The van der Waals surface area contributed by atoms with E-state index in [1.807, 2.05) is 48.5 Å². The van der Waals surface area contributed by atoms with Gasteiger partial charge >= 0.3 is 0 Å². The molecule has 9 heteroatoms. The number of nitrogens with zero attached hydrogens (tertiary/aromatic N) is 2. The first-order valence-electron chi connectivity index (χ1n) is 12.1. The molecule has 0 unspecified atom stereocenters. The fraction of sp³-hybridized carbons (Fsp3) is 0.321. The molecule has 0 saturated carbocycles. The zero-order valence-electron chi connectivity index (χ0n) is 20.6. The van der Waals surface area contributed by atoms with E-state index in [-0.39, 0.29) is 32.0 Å². The van der Waals surface area contributed by atoms with Crippen LogP contribution in [0.15, 0.2) is 83.8 Å². The Bertz CT molecular complexity index is 1300. The number of carbonyl (C=O) groups excluding carboxylic acids is 1. The average Bonchev–Trinajstić information content (AvgIpc) is 2.88. The van der Waals surface area contributed by atoms with E-state index >= 15 is 0 Å². The first-order valence-corrected chi connectivity index (χ1v) is 13.5. The second kappa shape index (κ2) is 11.4. The van der Waals surface area contributed by atoms with Crippen LogP contribution in [-0.4, -0.2) is 50.3 Å². The third kappa shape index (κ3) is 6.34. The van der Waals surface area contributed by atoms with Gasteiger partial charge in [0.15, 0.2) is 4.90 Å². The Morgan fingerprint density at radius 1 is 0.973 bits per heavy atom. The molecule has 0 bridgehead atoms.